The van der Waals surface area contributed by atoms with Crippen molar-refractivity contribution in [1.82, 2.24) is 0 Å². The summed E-state index contributed by atoms with van der Waals surface area (Å²) in [6, 6.07) is 8.46. The van der Waals surface area contributed by atoms with Crippen LogP contribution in [-0.2, 0) is 18.1 Å². The van der Waals surface area contributed by atoms with Crippen molar-refractivity contribution in [1.29, 1.82) is 0 Å². The molecule has 1 amide bonds. The van der Waals surface area contributed by atoms with E-state index in [4.69, 9.17) is 18.0 Å². The molecule has 0 bridgehead atoms. The molecule has 1 saturated heterocycles. The van der Waals surface area contributed by atoms with E-state index in [2.05, 4.69) is 0 Å². The lowest BCUT2D eigenvalue weighted by atomic mass is 10.3. The molecule has 1 aromatic rings. The highest BCUT2D eigenvalue weighted by Crippen LogP contribution is 2.24. The van der Waals surface area contributed by atoms with Crippen LogP contribution in [0.1, 0.15) is 40.0 Å². The van der Waals surface area contributed by atoms with Crippen LogP contribution in [0.15, 0.2) is 24.3 Å². The first-order valence-corrected chi connectivity index (χ1v) is 11.5. The van der Waals surface area contributed by atoms with Crippen LogP contribution in [0.2, 0.25) is 6.04 Å². The zero-order valence-corrected chi connectivity index (χ0v) is 17.2. The third kappa shape index (κ3) is 5.80. The zero-order chi connectivity index (χ0) is 18.8. The summed E-state index contributed by atoms with van der Waals surface area (Å²) in [5.41, 5.74) is 0.940. The van der Waals surface area contributed by atoms with Gasteiger partial charge < -0.3 is 22.9 Å². The molecule has 1 heterocycles. The highest BCUT2D eigenvalue weighted by molar-refractivity contribution is 6.60. The van der Waals surface area contributed by atoms with E-state index in [1.807, 2.05) is 49.9 Å². The lowest BCUT2D eigenvalue weighted by molar-refractivity contribution is -0.117. The lowest BCUT2D eigenvalue weighted by Gasteiger charge is -2.28. The van der Waals surface area contributed by atoms with Crippen LogP contribution >= 0.6 is 0 Å². The van der Waals surface area contributed by atoms with Crippen LogP contribution < -0.4 is 9.64 Å². The molecule has 2 rings (SSSR count). The molecule has 1 aliphatic rings. The number of carbonyl (C=O) groups excluding carboxylic acids is 1. The minimum Gasteiger partial charge on any atom is -0.494 e. The van der Waals surface area contributed by atoms with Crippen LogP contribution in [0, 0.1) is 0 Å². The third-order valence-corrected chi connectivity index (χ3v) is 7.36. The molecule has 1 fully saturated rings. The predicted molar refractivity (Wildman–Crippen MR) is 104 cm³/mol. The molecule has 0 saturated carbocycles. The highest BCUT2D eigenvalue weighted by Gasteiger charge is 2.39. The van der Waals surface area contributed by atoms with E-state index >= 15 is 0 Å². The topological polar surface area (TPSA) is 57.2 Å². The normalized spacial score (nSPS) is 14.9. The Kier molecular flexibility index (Phi) is 8.57. The van der Waals surface area contributed by atoms with E-state index in [0.29, 0.717) is 32.8 Å². The van der Waals surface area contributed by atoms with Crippen LogP contribution in [0.5, 0.6) is 5.75 Å². The van der Waals surface area contributed by atoms with E-state index in [0.717, 1.165) is 36.9 Å². The molecular formula is C19H31NO5Si. The second-order valence-electron chi connectivity index (χ2n) is 6.08. The predicted octanol–water partition coefficient (Wildman–Crippen LogP) is 3.63. The molecule has 6 nitrogen and oxygen atoms in total. The van der Waals surface area contributed by atoms with Crippen molar-refractivity contribution in [3.63, 3.8) is 0 Å². The SMILES string of the molecule is CCO[Si](CCCOc1ccc(N2CCCC2=O)cc1)(OCC)OCC. The van der Waals surface area contributed by atoms with Crippen LogP contribution in [0.4, 0.5) is 5.69 Å². The smallest absolute Gasteiger partial charge is 0.494 e. The lowest BCUT2D eigenvalue weighted by Crippen LogP contribution is -2.46. The fourth-order valence-corrected chi connectivity index (χ4v) is 5.70. The maximum atomic E-state index is 11.8. The minimum absolute atomic E-state index is 0.197. The quantitative estimate of drug-likeness (QED) is 0.409. The summed E-state index contributed by atoms with van der Waals surface area (Å²) >= 11 is 0. The first-order chi connectivity index (χ1) is 12.6. The Balaban J connectivity index is 1.81. The number of nitrogens with zero attached hydrogens (tertiary/aromatic N) is 1. The second kappa shape index (κ2) is 10.7. The van der Waals surface area contributed by atoms with Crippen molar-refractivity contribution in [2.45, 2.75) is 46.1 Å². The van der Waals surface area contributed by atoms with Crippen LogP contribution in [-0.4, -0.2) is 47.7 Å². The van der Waals surface area contributed by atoms with Gasteiger partial charge in [0.2, 0.25) is 5.91 Å². The number of benzene rings is 1. The van der Waals surface area contributed by atoms with Gasteiger partial charge in [0.1, 0.15) is 5.75 Å². The van der Waals surface area contributed by atoms with Crippen molar-refractivity contribution in [2.75, 3.05) is 37.9 Å². The fourth-order valence-electron chi connectivity index (χ4n) is 3.12. The number of carbonyl (C=O) groups is 1. The van der Waals surface area contributed by atoms with Crippen molar-refractivity contribution >= 4 is 20.4 Å². The number of hydrogen-bond donors (Lipinski definition) is 0. The van der Waals surface area contributed by atoms with Crippen molar-refractivity contribution in [3.05, 3.63) is 24.3 Å². The van der Waals surface area contributed by atoms with E-state index in [1.54, 1.807) is 0 Å². The van der Waals surface area contributed by atoms with Crippen molar-refractivity contribution < 1.29 is 22.8 Å². The molecule has 1 aliphatic heterocycles. The fraction of sp³-hybridized carbons (Fsp3) is 0.632. The largest absolute Gasteiger partial charge is 0.501 e. The Bertz CT molecular complexity index is 534. The molecular weight excluding hydrogens is 350 g/mol. The van der Waals surface area contributed by atoms with Crippen molar-refractivity contribution in [2.24, 2.45) is 0 Å². The van der Waals surface area contributed by atoms with E-state index in [9.17, 15) is 4.79 Å². The summed E-state index contributed by atoms with van der Waals surface area (Å²) in [6.45, 7) is 9.02. The van der Waals surface area contributed by atoms with E-state index < -0.39 is 8.80 Å². The summed E-state index contributed by atoms with van der Waals surface area (Å²) < 4.78 is 23.4. The number of rotatable bonds is 12. The molecule has 0 aromatic heterocycles. The van der Waals surface area contributed by atoms with Gasteiger partial charge in [0, 0.05) is 44.5 Å². The van der Waals surface area contributed by atoms with Gasteiger partial charge in [-0.2, -0.15) is 0 Å². The standard InChI is InChI=1S/C19H31NO5Si/c1-4-23-26(24-5-2,25-6-3)16-8-15-22-18-12-10-17(11-13-18)20-14-7-9-19(20)21/h10-13H,4-9,14-16H2,1-3H3. The zero-order valence-electron chi connectivity index (χ0n) is 16.2. The van der Waals surface area contributed by atoms with Gasteiger partial charge in [-0.15, -0.1) is 0 Å². The molecule has 1 aromatic carbocycles. The Labute approximate surface area is 157 Å². The Morgan fingerprint density at radius 1 is 1.00 bits per heavy atom. The average Bonchev–Trinajstić information content (AvgIpc) is 3.06. The van der Waals surface area contributed by atoms with E-state index in [1.165, 1.54) is 0 Å². The van der Waals surface area contributed by atoms with Gasteiger partial charge >= 0.3 is 8.80 Å². The molecule has 0 N–H and O–H groups in total. The highest BCUT2D eigenvalue weighted by atomic mass is 28.4. The maximum Gasteiger partial charge on any atom is 0.501 e. The number of hydrogen-bond acceptors (Lipinski definition) is 5. The molecule has 0 aliphatic carbocycles. The summed E-state index contributed by atoms with van der Waals surface area (Å²) in [5.74, 6) is 1.000. The molecule has 0 unspecified atom stereocenters. The third-order valence-electron chi connectivity index (χ3n) is 4.21. The van der Waals surface area contributed by atoms with Gasteiger partial charge in [0.15, 0.2) is 0 Å². The van der Waals surface area contributed by atoms with Gasteiger partial charge in [-0.05, 0) is 57.9 Å². The monoisotopic (exact) mass is 381 g/mol. The first kappa shape index (κ1) is 20.9. The van der Waals surface area contributed by atoms with Gasteiger partial charge in [-0.1, -0.05) is 0 Å². The number of anilines is 1. The summed E-state index contributed by atoms with van der Waals surface area (Å²) in [6.07, 6.45) is 2.38. The van der Waals surface area contributed by atoms with Gasteiger partial charge in [0.05, 0.1) is 6.61 Å². The van der Waals surface area contributed by atoms with Crippen molar-refractivity contribution in [3.8, 4) is 5.75 Å². The average molecular weight is 382 g/mol. The van der Waals surface area contributed by atoms with Gasteiger partial charge in [-0.3, -0.25) is 4.79 Å². The Hall–Kier alpha value is -1.41. The molecule has 0 spiro atoms. The molecule has 0 radical (unpaired) electrons. The summed E-state index contributed by atoms with van der Waals surface area (Å²) in [4.78, 5) is 13.6. The molecule has 146 valence electrons. The number of amides is 1. The summed E-state index contributed by atoms with van der Waals surface area (Å²) in [5, 5.41) is 0. The molecule has 0 atom stereocenters. The first-order valence-electron chi connectivity index (χ1n) is 9.59. The summed E-state index contributed by atoms with van der Waals surface area (Å²) in [7, 11) is -2.59. The van der Waals surface area contributed by atoms with Gasteiger partial charge in [0.25, 0.3) is 0 Å². The number of ether oxygens (including phenoxy) is 1. The second-order valence-corrected chi connectivity index (χ2v) is 8.81. The van der Waals surface area contributed by atoms with E-state index in [-0.39, 0.29) is 5.91 Å². The van der Waals surface area contributed by atoms with Crippen LogP contribution in [0.25, 0.3) is 0 Å². The minimum atomic E-state index is -2.59. The Morgan fingerprint density at radius 3 is 2.12 bits per heavy atom. The maximum absolute atomic E-state index is 11.8. The molecule has 7 heteroatoms. The Morgan fingerprint density at radius 2 is 1.62 bits per heavy atom. The molecule has 26 heavy (non-hydrogen) atoms. The van der Waals surface area contributed by atoms with Gasteiger partial charge in [-0.25, -0.2) is 0 Å². The van der Waals surface area contributed by atoms with Crippen LogP contribution in [0.3, 0.4) is 0 Å².